The van der Waals surface area contributed by atoms with Crippen molar-refractivity contribution < 1.29 is 24.8 Å². The van der Waals surface area contributed by atoms with Crippen LogP contribution in [0, 0.1) is 11.8 Å². The lowest BCUT2D eigenvalue weighted by Gasteiger charge is -2.28. The number of allylic oxidation sites excluding steroid dienone is 9. The second kappa shape index (κ2) is 21.9. The number of unbranched alkanes of at least 4 members (excludes halogenated alkanes) is 1. The highest BCUT2D eigenvalue weighted by Crippen LogP contribution is 2.43. The first-order valence-corrected chi connectivity index (χ1v) is 15.4. The van der Waals surface area contributed by atoms with Crippen molar-refractivity contribution in [3.05, 3.63) is 71.9 Å². The first-order chi connectivity index (χ1) is 19.3. The third kappa shape index (κ3) is 14.2. The topological polar surface area (TPSA) is 79.2 Å². The van der Waals surface area contributed by atoms with Gasteiger partial charge in [-0.1, -0.05) is 74.1 Å². The molecular formula is C35H58O5. The Balaban J connectivity index is 0.000000609. The number of ether oxygens (including phenoxy) is 2. The van der Waals surface area contributed by atoms with Gasteiger partial charge in [-0.2, -0.15) is 0 Å². The van der Waals surface area contributed by atoms with Gasteiger partial charge in [0.25, 0.3) is 0 Å². The largest absolute Gasteiger partial charge is 0.400 e. The monoisotopic (exact) mass is 558 g/mol. The lowest BCUT2D eigenvalue weighted by Crippen LogP contribution is -2.36. The number of rotatable bonds is 12. The summed E-state index contributed by atoms with van der Waals surface area (Å²) in [5, 5.41) is 24.9. The molecule has 5 nitrogen and oxygen atoms in total. The number of hydrogen-bond donors (Lipinski definition) is 3. The predicted molar refractivity (Wildman–Crippen MR) is 168 cm³/mol. The Morgan fingerprint density at radius 2 is 1.93 bits per heavy atom. The van der Waals surface area contributed by atoms with Gasteiger partial charge >= 0.3 is 0 Å². The second-order valence-corrected chi connectivity index (χ2v) is 11.0. The van der Waals surface area contributed by atoms with Crippen molar-refractivity contribution in [3.8, 4) is 0 Å². The molecule has 3 aliphatic rings. The van der Waals surface area contributed by atoms with Crippen LogP contribution < -0.4 is 0 Å². The molecule has 5 unspecified atom stereocenters. The summed E-state index contributed by atoms with van der Waals surface area (Å²) in [4.78, 5) is 0. The third-order valence-corrected chi connectivity index (χ3v) is 7.80. The van der Waals surface area contributed by atoms with Crippen LogP contribution in [0.5, 0.6) is 0 Å². The molecule has 2 fully saturated rings. The van der Waals surface area contributed by atoms with Gasteiger partial charge in [-0.3, -0.25) is 0 Å². The standard InChI is InChI=1S/C28H42O.C6H12O3.CH4O/c1-5-7-13-23(3)14-9-10-18-27(17-8-6-2)29-22-12-16-25-20-21-26-15-11-19-28(26)24(25)4;1-4-5(7)2-3-6(8)9-4;1-2/h5,7-8,14,16-17,20-21,26-28H,4,6,9-13,15,18-19,22H2,1-3H3;4-8H,2-3H2,1H3;2H,1H3/b7-5+,17-8+,23-14-,25-16+;;/t;4-,5?,6?;/m.0./s1. The molecule has 1 saturated carbocycles. The van der Waals surface area contributed by atoms with Crippen LogP contribution >= 0.6 is 0 Å². The van der Waals surface area contributed by atoms with Crippen molar-refractivity contribution in [2.45, 2.75) is 123 Å². The highest BCUT2D eigenvalue weighted by atomic mass is 16.6. The first kappa shape index (κ1) is 36.3. The third-order valence-electron chi connectivity index (χ3n) is 7.80. The maximum absolute atomic E-state index is 9.06. The SMILES string of the molecule is C=C1/C(=C/CCOC(/C=C/CC)CCC/C=C(/C)C/C=C/C)C=CC2CCCC12.CO.C[C@@H]1OC(O)CCC1O. The van der Waals surface area contributed by atoms with Gasteiger partial charge in [-0.15, -0.1) is 0 Å². The summed E-state index contributed by atoms with van der Waals surface area (Å²) in [5.41, 5.74) is 4.17. The zero-order valence-electron chi connectivity index (χ0n) is 25.9. The molecule has 1 aliphatic heterocycles. The van der Waals surface area contributed by atoms with Crippen molar-refractivity contribution in [1.82, 2.24) is 0 Å². The van der Waals surface area contributed by atoms with Gasteiger partial charge in [-0.05, 0) is 102 Å². The summed E-state index contributed by atoms with van der Waals surface area (Å²) in [5.74, 6) is 1.44. The van der Waals surface area contributed by atoms with Gasteiger partial charge in [0.2, 0.25) is 0 Å². The Labute approximate surface area is 245 Å². The van der Waals surface area contributed by atoms with Gasteiger partial charge in [0.15, 0.2) is 6.29 Å². The average Bonchev–Trinajstić information content (AvgIpc) is 3.45. The van der Waals surface area contributed by atoms with Gasteiger partial charge in [0, 0.05) is 13.5 Å². The number of aliphatic hydroxyl groups excluding tert-OH is 3. The Kier molecular flexibility index (Phi) is 19.9. The molecular weight excluding hydrogens is 500 g/mol. The molecule has 0 aromatic carbocycles. The van der Waals surface area contributed by atoms with E-state index in [1.54, 1.807) is 6.92 Å². The van der Waals surface area contributed by atoms with E-state index in [4.69, 9.17) is 24.8 Å². The molecule has 3 rings (SSSR count). The smallest absolute Gasteiger partial charge is 0.155 e. The molecule has 40 heavy (non-hydrogen) atoms. The number of aliphatic hydroxyl groups is 3. The van der Waals surface area contributed by atoms with Crippen LogP contribution in [0.2, 0.25) is 0 Å². The fourth-order valence-corrected chi connectivity index (χ4v) is 5.37. The molecule has 1 heterocycles. The molecule has 0 aromatic heterocycles. The van der Waals surface area contributed by atoms with E-state index in [2.05, 4.69) is 76.0 Å². The minimum absolute atomic E-state index is 0.214. The van der Waals surface area contributed by atoms with Crippen molar-refractivity contribution in [3.63, 3.8) is 0 Å². The Morgan fingerprint density at radius 3 is 2.60 bits per heavy atom. The van der Waals surface area contributed by atoms with Gasteiger partial charge in [0.1, 0.15) is 0 Å². The summed E-state index contributed by atoms with van der Waals surface area (Å²) in [6, 6.07) is 0. The molecule has 0 bridgehead atoms. The van der Waals surface area contributed by atoms with Crippen molar-refractivity contribution in [2.75, 3.05) is 13.7 Å². The zero-order chi connectivity index (χ0) is 29.8. The maximum atomic E-state index is 9.06. The quantitative estimate of drug-likeness (QED) is 0.169. The highest BCUT2D eigenvalue weighted by molar-refractivity contribution is 5.44. The summed E-state index contributed by atoms with van der Waals surface area (Å²) in [7, 11) is 1.00. The molecule has 2 aliphatic carbocycles. The highest BCUT2D eigenvalue weighted by Gasteiger charge is 2.30. The zero-order valence-corrected chi connectivity index (χ0v) is 25.9. The summed E-state index contributed by atoms with van der Waals surface area (Å²) in [6.07, 6.45) is 28.9. The average molecular weight is 559 g/mol. The molecule has 1 saturated heterocycles. The Hall–Kier alpha value is -1.76. The van der Waals surface area contributed by atoms with Crippen LogP contribution in [-0.4, -0.2) is 53.6 Å². The molecule has 0 aromatic rings. The lowest BCUT2D eigenvalue weighted by molar-refractivity contribution is -0.192. The summed E-state index contributed by atoms with van der Waals surface area (Å²) >= 11 is 0. The molecule has 0 amide bonds. The lowest BCUT2D eigenvalue weighted by atomic mass is 9.80. The minimum Gasteiger partial charge on any atom is -0.400 e. The summed E-state index contributed by atoms with van der Waals surface area (Å²) in [6.45, 7) is 13.4. The fourth-order valence-electron chi connectivity index (χ4n) is 5.37. The van der Waals surface area contributed by atoms with Gasteiger partial charge in [-0.25, -0.2) is 0 Å². The normalized spacial score (nSPS) is 28.3. The minimum atomic E-state index is -0.664. The van der Waals surface area contributed by atoms with Crippen LogP contribution in [0.3, 0.4) is 0 Å². The van der Waals surface area contributed by atoms with Gasteiger partial charge < -0.3 is 24.8 Å². The van der Waals surface area contributed by atoms with Gasteiger partial charge in [0.05, 0.1) is 24.9 Å². The molecule has 0 radical (unpaired) electrons. The molecule has 3 N–H and O–H groups in total. The van der Waals surface area contributed by atoms with Crippen molar-refractivity contribution in [1.29, 1.82) is 0 Å². The van der Waals surface area contributed by atoms with Crippen LogP contribution in [0.15, 0.2) is 71.9 Å². The predicted octanol–water partition coefficient (Wildman–Crippen LogP) is 7.75. The molecule has 0 spiro atoms. The molecule has 6 atom stereocenters. The second-order valence-electron chi connectivity index (χ2n) is 11.0. The van der Waals surface area contributed by atoms with E-state index in [0.29, 0.717) is 18.8 Å². The van der Waals surface area contributed by atoms with Crippen LogP contribution in [-0.2, 0) is 9.47 Å². The maximum Gasteiger partial charge on any atom is 0.155 e. The van der Waals surface area contributed by atoms with E-state index < -0.39 is 12.4 Å². The van der Waals surface area contributed by atoms with Crippen molar-refractivity contribution in [2.24, 2.45) is 11.8 Å². The van der Waals surface area contributed by atoms with Crippen molar-refractivity contribution >= 4 is 0 Å². The number of hydrogen-bond acceptors (Lipinski definition) is 5. The van der Waals surface area contributed by atoms with E-state index in [9.17, 15) is 0 Å². The van der Waals surface area contributed by atoms with E-state index in [1.807, 2.05) is 0 Å². The van der Waals surface area contributed by atoms with E-state index in [-0.39, 0.29) is 12.2 Å². The van der Waals surface area contributed by atoms with E-state index >= 15 is 0 Å². The molecule has 228 valence electrons. The molecule has 5 heteroatoms. The summed E-state index contributed by atoms with van der Waals surface area (Å²) < 4.78 is 11.1. The van der Waals surface area contributed by atoms with E-state index in [1.165, 1.54) is 42.4 Å². The van der Waals surface area contributed by atoms with Crippen LogP contribution in [0.25, 0.3) is 0 Å². The number of fused-ring (bicyclic) bond motifs is 1. The fraction of sp³-hybridized carbons (Fsp3) is 0.657. The van der Waals surface area contributed by atoms with Crippen LogP contribution in [0.4, 0.5) is 0 Å². The Morgan fingerprint density at radius 1 is 1.15 bits per heavy atom. The van der Waals surface area contributed by atoms with E-state index in [0.717, 1.165) is 51.7 Å². The first-order valence-electron chi connectivity index (χ1n) is 15.4. The Bertz CT molecular complexity index is 837. The van der Waals surface area contributed by atoms with Crippen LogP contribution in [0.1, 0.15) is 98.3 Å².